The van der Waals surface area contributed by atoms with Crippen LogP contribution >= 0.6 is 11.8 Å². The summed E-state index contributed by atoms with van der Waals surface area (Å²) in [5.41, 5.74) is 5.36. The molecule has 0 spiro atoms. The number of hydrogen-bond donors (Lipinski definition) is 2. The molecule has 1 atom stereocenters. The molecule has 7 heteroatoms. The molecule has 1 rings (SSSR count). The molecule has 0 aliphatic rings. The fourth-order valence-electron chi connectivity index (χ4n) is 1.33. The highest BCUT2D eigenvalue weighted by atomic mass is 32.2. The Labute approximate surface area is 105 Å². The molecule has 1 aromatic rings. The number of rotatable bonds is 7. The highest BCUT2D eigenvalue weighted by Crippen LogP contribution is 2.03. The van der Waals surface area contributed by atoms with E-state index < -0.39 is 0 Å². The van der Waals surface area contributed by atoms with E-state index in [0.29, 0.717) is 0 Å². The van der Waals surface area contributed by atoms with Crippen LogP contribution in [0.1, 0.15) is 20.3 Å². The van der Waals surface area contributed by atoms with E-state index in [-0.39, 0.29) is 24.4 Å². The molecule has 6 nitrogen and oxygen atoms in total. The molecule has 96 valence electrons. The third kappa shape index (κ3) is 5.58. The monoisotopic (exact) mass is 257 g/mol. The average Bonchev–Trinajstić information content (AvgIpc) is 2.64. The number of nitrogens with two attached hydrogens (primary N) is 1. The summed E-state index contributed by atoms with van der Waals surface area (Å²) in [4.78, 5) is 15.4. The Hall–Kier alpha value is -1.24. The molecule has 0 aliphatic heterocycles. The Morgan fingerprint density at radius 3 is 3.06 bits per heavy atom. The summed E-state index contributed by atoms with van der Waals surface area (Å²) in [6, 6.07) is 0.183. The largest absolute Gasteiger partial charge is 0.367 e. The van der Waals surface area contributed by atoms with E-state index in [1.54, 1.807) is 0 Å². The minimum atomic E-state index is -0.0658. The zero-order chi connectivity index (χ0) is 12.7. The average molecular weight is 257 g/mol. The molecule has 17 heavy (non-hydrogen) atoms. The summed E-state index contributed by atoms with van der Waals surface area (Å²) in [6.07, 6.45) is 2.43. The second kappa shape index (κ2) is 7.16. The standard InChI is InChI=1S/C10H19N5OS/c1-3-17-5-4-8(2)13-9(16)6-15-7-12-10(11)14-15/h7-8H,3-6H2,1-2H3,(H2,11,14)(H,13,16). The van der Waals surface area contributed by atoms with E-state index in [4.69, 9.17) is 5.73 Å². The van der Waals surface area contributed by atoms with Crippen molar-refractivity contribution in [3.05, 3.63) is 6.33 Å². The number of nitrogen functional groups attached to an aromatic ring is 1. The van der Waals surface area contributed by atoms with Gasteiger partial charge in [0.05, 0.1) is 0 Å². The van der Waals surface area contributed by atoms with Crippen LogP contribution < -0.4 is 11.1 Å². The van der Waals surface area contributed by atoms with Crippen molar-refractivity contribution in [1.82, 2.24) is 20.1 Å². The van der Waals surface area contributed by atoms with Gasteiger partial charge in [0.15, 0.2) is 0 Å². The molecule has 1 amide bonds. The van der Waals surface area contributed by atoms with Crippen molar-refractivity contribution < 1.29 is 4.79 Å². The number of aromatic nitrogens is 3. The number of thioether (sulfide) groups is 1. The van der Waals surface area contributed by atoms with Gasteiger partial charge in [-0.25, -0.2) is 9.67 Å². The Morgan fingerprint density at radius 2 is 2.47 bits per heavy atom. The van der Waals surface area contributed by atoms with Gasteiger partial charge in [0.2, 0.25) is 11.9 Å². The van der Waals surface area contributed by atoms with Crippen molar-refractivity contribution in [2.24, 2.45) is 0 Å². The maximum absolute atomic E-state index is 11.6. The molecule has 3 N–H and O–H groups in total. The lowest BCUT2D eigenvalue weighted by atomic mass is 10.2. The molecule has 0 aromatic carbocycles. The van der Waals surface area contributed by atoms with Crippen LogP contribution in [0.4, 0.5) is 5.95 Å². The van der Waals surface area contributed by atoms with Gasteiger partial charge in [-0.15, -0.1) is 5.10 Å². The van der Waals surface area contributed by atoms with E-state index in [1.807, 2.05) is 18.7 Å². The summed E-state index contributed by atoms with van der Waals surface area (Å²) in [7, 11) is 0. The zero-order valence-electron chi connectivity index (χ0n) is 10.2. The van der Waals surface area contributed by atoms with E-state index >= 15 is 0 Å². The number of nitrogens with zero attached hydrogens (tertiary/aromatic N) is 3. The van der Waals surface area contributed by atoms with Gasteiger partial charge < -0.3 is 11.1 Å². The van der Waals surface area contributed by atoms with Crippen molar-refractivity contribution in [1.29, 1.82) is 0 Å². The Balaban J connectivity index is 2.24. The van der Waals surface area contributed by atoms with Crippen molar-refractivity contribution in [3.63, 3.8) is 0 Å². The number of carbonyl (C=O) groups excluding carboxylic acids is 1. The van der Waals surface area contributed by atoms with Crippen molar-refractivity contribution in [2.75, 3.05) is 17.2 Å². The minimum Gasteiger partial charge on any atom is -0.367 e. The van der Waals surface area contributed by atoms with Crippen LogP contribution in [-0.4, -0.2) is 38.2 Å². The smallest absolute Gasteiger partial charge is 0.242 e. The summed E-state index contributed by atoms with van der Waals surface area (Å²) in [6.45, 7) is 4.29. The predicted octanol–water partition coefficient (Wildman–Crippen LogP) is 0.508. The maximum atomic E-state index is 11.6. The van der Waals surface area contributed by atoms with E-state index in [1.165, 1.54) is 11.0 Å². The lowest BCUT2D eigenvalue weighted by Gasteiger charge is -2.13. The fraction of sp³-hybridized carbons (Fsp3) is 0.700. The number of carbonyl (C=O) groups is 1. The van der Waals surface area contributed by atoms with Crippen molar-refractivity contribution >= 4 is 23.6 Å². The predicted molar refractivity (Wildman–Crippen MR) is 69.7 cm³/mol. The Kier molecular flexibility index (Phi) is 5.82. The molecule has 1 unspecified atom stereocenters. The molecule has 0 aliphatic carbocycles. The van der Waals surface area contributed by atoms with Crippen LogP contribution in [0.25, 0.3) is 0 Å². The SMILES string of the molecule is CCSCCC(C)NC(=O)Cn1cnc(N)n1. The number of anilines is 1. The molecule has 0 radical (unpaired) electrons. The molecule has 0 saturated heterocycles. The lowest BCUT2D eigenvalue weighted by Crippen LogP contribution is -2.35. The number of hydrogen-bond acceptors (Lipinski definition) is 5. The summed E-state index contributed by atoms with van der Waals surface area (Å²) in [5.74, 6) is 2.29. The zero-order valence-corrected chi connectivity index (χ0v) is 11.0. The van der Waals surface area contributed by atoms with Gasteiger partial charge in [-0.2, -0.15) is 11.8 Å². The molecule has 1 heterocycles. The van der Waals surface area contributed by atoms with Crippen LogP contribution in [0.2, 0.25) is 0 Å². The van der Waals surface area contributed by atoms with Crippen molar-refractivity contribution in [3.8, 4) is 0 Å². The first kappa shape index (κ1) is 13.8. The van der Waals surface area contributed by atoms with Crippen LogP contribution in [0.15, 0.2) is 6.33 Å². The fourth-order valence-corrected chi connectivity index (χ4v) is 2.14. The lowest BCUT2D eigenvalue weighted by molar-refractivity contribution is -0.122. The second-order valence-corrected chi connectivity index (χ2v) is 5.15. The third-order valence-electron chi connectivity index (χ3n) is 2.17. The highest BCUT2D eigenvalue weighted by molar-refractivity contribution is 7.99. The van der Waals surface area contributed by atoms with Crippen LogP contribution in [0.3, 0.4) is 0 Å². The second-order valence-electron chi connectivity index (χ2n) is 3.75. The van der Waals surface area contributed by atoms with Crippen LogP contribution in [-0.2, 0) is 11.3 Å². The molecule has 1 aromatic heterocycles. The quantitative estimate of drug-likeness (QED) is 0.695. The molecule has 0 bridgehead atoms. The minimum absolute atomic E-state index is 0.0658. The van der Waals surface area contributed by atoms with Gasteiger partial charge in [0.25, 0.3) is 0 Å². The summed E-state index contributed by atoms with van der Waals surface area (Å²) < 4.78 is 1.43. The first-order chi connectivity index (χ1) is 8.11. The molecular weight excluding hydrogens is 238 g/mol. The van der Waals surface area contributed by atoms with Gasteiger partial charge in [-0.3, -0.25) is 4.79 Å². The summed E-state index contributed by atoms with van der Waals surface area (Å²) >= 11 is 1.88. The first-order valence-corrected chi connectivity index (χ1v) is 6.79. The van der Waals surface area contributed by atoms with Gasteiger partial charge in [0, 0.05) is 6.04 Å². The van der Waals surface area contributed by atoms with Gasteiger partial charge in [-0.1, -0.05) is 6.92 Å². The topological polar surface area (TPSA) is 85.8 Å². The van der Waals surface area contributed by atoms with Gasteiger partial charge in [-0.05, 0) is 24.9 Å². The normalized spacial score (nSPS) is 12.4. The van der Waals surface area contributed by atoms with E-state index in [2.05, 4.69) is 22.3 Å². The van der Waals surface area contributed by atoms with E-state index in [9.17, 15) is 4.79 Å². The molecule has 0 saturated carbocycles. The van der Waals surface area contributed by atoms with Gasteiger partial charge >= 0.3 is 0 Å². The molecular formula is C10H19N5OS. The molecule has 0 fully saturated rings. The number of amides is 1. The van der Waals surface area contributed by atoms with E-state index in [0.717, 1.165) is 17.9 Å². The van der Waals surface area contributed by atoms with Crippen LogP contribution in [0, 0.1) is 0 Å². The summed E-state index contributed by atoms with van der Waals surface area (Å²) in [5, 5.41) is 6.77. The number of nitrogens with one attached hydrogen (secondary N) is 1. The highest BCUT2D eigenvalue weighted by Gasteiger charge is 2.08. The van der Waals surface area contributed by atoms with Crippen molar-refractivity contribution in [2.45, 2.75) is 32.9 Å². The van der Waals surface area contributed by atoms with Crippen LogP contribution in [0.5, 0.6) is 0 Å². The maximum Gasteiger partial charge on any atom is 0.242 e. The first-order valence-electron chi connectivity index (χ1n) is 5.63. The Bertz CT molecular complexity index is 354. The third-order valence-corrected chi connectivity index (χ3v) is 3.10. The van der Waals surface area contributed by atoms with Gasteiger partial charge in [0.1, 0.15) is 12.9 Å². The Morgan fingerprint density at radius 1 is 1.71 bits per heavy atom.